The van der Waals surface area contributed by atoms with Gasteiger partial charge in [0.1, 0.15) is 17.4 Å². The summed E-state index contributed by atoms with van der Waals surface area (Å²) >= 11 is 0. The van der Waals surface area contributed by atoms with Crippen molar-refractivity contribution in [2.45, 2.75) is 56.3 Å². The van der Waals surface area contributed by atoms with E-state index in [4.69, 9.17) is 19.4 Å². The second kappa shape index (κ2) is 12.4. The number of aryl methyl sites for hydroxylation is 1. The Morgan fingerprint density at radius 3 is 2.16 bits per heavy atom. The fourth-order valence-electron chi connectivity index (χ4n) is 7.76. The molecule has 0 radical (unpaired) electrons. The number of likely N-dealkylation sites (tertiary alicyclic amines) is 2. The fraction of sp³-hybridized carbons (Fsp3) is 0.667. The molecule has 45 heavy (non-hydrogen) atoms. The first kappa shape index (κ1) is 30.8. The molecule has 7 rings (SSSR count). The lowest BCUT2D eigenvalue weighted by Gasteiger charge is -2.44. The van der Waals surface area contributed by atoms with E-state index < -0.39 is 12.5 Å². The van der Waals surface area contributed by atoms with Crippen LogP contribution >= 0.6 is 0 Å². The second-order valence-corrected chi connectivity index (χ2v) is 13.8. The lowest BCUT2D eigenvalue weighted by molar-refractivity contribution is -0.105. The number of benzene rings is 1. The van der Waals surface area contributed by atoms with Gasteiger partial charge in [0.2, 0.25) is 0 Å². The molecule has 4 aliphatic heterocycles. The molecule has 4 aliphatic rings. The van der Waals surface area contributed by atoms with E-state index in [1.807, 2.05) is 23.7 Å². The molecular formula is C33H49N9O3. The van der Waals surface area contributed by atoms with Crippen molar-refractivity contribution in [1.29, 1.82) is 0 Å². The third-order valence-electron chi connectivity index (χ3n) is 10.7. The molecule has 6 heterocycles. The zero-order valence-corrected chi connectivity index (χ0v) is 27.7. The Morgan fingerprint density at radius 2 is 1.49 bits per heavy atom. The Labute approximate surface area is 266 Å². The van der Waals surface area contributed by atoms with E-state index in [-0.39, 0.29) is 12.1 Å². The van der Waals surface area contributed by atoms with E-state index in [2.05, 4.69) is 59.9 Å². The van der Waals surface area contributed by atoms with E-state index in [1.165, 1.54) is 0 Å². The normalized spacial score (nSPS) is 26.3. The van der Waals surface area contributed by atoms with Crippen molar-refractivity contribution in [3.05, 3.63) is 30.0 Å². The lowest BCUT2D eigenvalue weighted by Crippen LogP contribution is -2.57. The minimum atomic E-state index is -0.686. The Hall–Kier alpha value is -2.87. The van der Waals surface area contributed by atoms with Gasteiger partial charge in [-0.3, -0.25) is 14.7 Å². The van der Waals surface area contributed by atoms with Crippen molar-refractivity contribution < 1.29 is 14.3 Å². The van der Waals surface area contributed by atoms with Crippen LogP contribution in [0.4, 0.5) is 10.6 Å². The van der Waals surface area contributed by atoms with Gasteiger partial charge in [0.25, 0.3) is 0 Å². The summed E-state index contributed by atoms with van der Waals surface area (Å²) < 4.78 is 15.7. The highest BCUT2D eigenvalue weighted by Crippen LogP contribution is 2.40. The zero-order valence-electron chi connectivity index (χ0n) is 27.7. The maximum atomic E-state index is 14.3. The molecule has 12 heteroatoms. The number of piperidine rings is 2. The average Bonchev–Trinajstić information content (AvgIpc) is 3.19. The number of carbonyl (C=O) groups excluding carboxylic acids is 1. The number of hydrogen-bond acceptors (Lipinski definition) is 9. The fourth-order valence-corrected chi connectivity index (χ4v) is 7.76. The number of likely N-dealkylation sites (N-methyl/N-ethyl adjacent to an activating group) is 2. The predicted molar refractivity (Wildman–Crippen MR) is 175 cm³/mol. The molecule has 2 amide bonds. The standard InChI is InChI=1S/C33H49N9O3/c1-36-15-11-22(12-16-36)38(3)19-24-21-44-32-29-31(35-30-28(34-29)25-9-7-8-10-26(25)40(30)5)41(6)33(43)42(32)27(45-24)20-39(4)23-13-17-37(2)18-14-23/h7-10,22-24,27,32H,11-21H2,1-6H3/t24-,27+,32-/m0/s1. The van der Waals surface area contributed by atoms with Crippen LogP contribution in [0.15, 0.2) is 24.3 Å². The van der Waals surface area contributed by atoms with Crippen LogP contribution in [-0.2, 0) is 16.5 Å². The zero-order chi connectivity index (χ0) is 31.4. The van der Waals surface area contributed by atoms with Crippen molar-refractivity contribution in [2.24, 2.45) is 7.05 Å². The summed E-state index contributed by atoms with van der Waals surface area (Å²) in [7, 11) is 12.5. The summed E-state index contributed by atoms with van der Waals surface area (Å²) in [5.74, 6) is 0.545. The van der Waals surface area contributed by atoms with Gasteiger partial charge in [-0.05, 0) is 86.1 Å². The van der Waals surface area contributed by atoms with Crippen molar-refractivity contribution in [3.63, 3.8) is 0 Å². The molecule has 3 saturated heterocycles. The minimum absolute atomic E-state index is 0.175. The van der Waals surface area contributed by atoms with Gasteiger partial charge >= 0.3 is 6.03 Å². The van der Waals surface area contributed by atoms with Gasteiger partial charge in [-0.15, -0.1) is 0 Å². The van der Waals surface area contributed by atoms with Crippen LogP contribution in [0.1, 0.15) is 37.6 Å². The molecular weight excluding hydrogens is 570 g/mol. The molecule has 244 valence electrons. The number of hydrogen-bond donors (Lipinski definition) is 0. The van der Waals surface area contributed by atoms with E-state index in [0.29, 0.717) is 36.7 Å². The number of anilines is 1. The van der Waals surface area contributed by atoms with Gasteiger partial charge in [0, 0.05) is 44.7 Å². The molecule has 12 nitrogen and oxygen atoms in total. The molecule has 0 spiro atoms. The number of para-hydroxylation sites is 1. The van der Waals surface area contributed by atoms with Gasteiger partial charge in [0.15, 0.2) is 17.7 Å². The molecule has 3 fully saturated rings. The first-order valence-corrected chi connectivity index (χ1v) is 16.5. The summed E-state index contributed by atoms with van der Waals surface area (Å²) in [5.41, 5.74) is 3.30. The van der Waals surface area contributed by atoms with E-state index in [9.17, 15) is 4.79 Å². The van der Waals surface area contributed by atoms with Crippen molar-refractivity contribution >= 4 is 33.9 Å². The third kappa shape index (κ3) is 5.70. The molecule has 3 atom stereocenters. The Kier molecular flexibility index (Phi) is 8.47. The van der Waals surface area contributed by atoms with Crippen LogP contribution in [0.2, 0.25) is 0 Å². The van der Waals surface area contributed by atoms with E-state index in [0.717, 1.165) is 80.5 Å². The van der Waals surface area contributed by atoms with Crippen LogP contribution in [0, 0.1) is 0 Å². The van der Waals surface area contributed by atoms with Gasteiger partial charge in [-0.1, -0.05) is 18.2 Å². The largest absolute Gasteiger partial charge is 0.350 e. The highest BCUT2D eigenvalue weighted by Gasteiger charge is 2.47. The first-order valence-electron chi connectivity index (χ1n) is 16.5. The number of urea groups is 1. The van der Waals surface area contributed by atoms with Gasteiger partial charge in [0.05, 0.1) is 18.2 Å². The number of aromatic nitrogens is 3. The van der Waals surface area contributed by atoms with Gasteiger partial charge in [-0.2, -0.15) is 0 Å². The Bertz CT molecular complexity index is 1530. The molecule has 2 aromatic heterocycles. The van der Waals surface area contributed by atoms with Crippen molar-refractivity contribution in [3.8, 4) is 0 Å². The molecule has 3 aromatic rings. The smallest absolute Gasteiger partial charge is 0.329 e. The first-order chi connectivity index (χ1) is 21.7. The summed E-state index contributed by atoms with van der Waals surface area (Å²) in [5, 5.41) is 1.04. The quantitative estimate of drug-likeness (QED) is 0.414. The van der Waals surface area contributed by atoms with Crippen molar-refractivity contribution in [1.82, 2.24) is 39.0 Å². The van der Waals surface area contributed by atoms with Crippen molar-refractivity contribution in [2.75, 3.05) is 86.0 Å². The number of nitrogens with zero attached hydrogens (tertiary/aromatic N) is 9. The maximum Gasteiger partial charge on any atom is 0.329 e. The molecule has 0 aliphatic carbocycles. The number of rotatable bonds is 6. The highest BCUT2D eigenvalue weighted by molar-refractivity contribution is 6.05. The minimum Gasteiger partial charge on any atom is -0.350 e. The third-order valence-corrected chi connectivity index (χ3v) is 10.7. The Balaban J connectivity index is 1.23. The SMILES string of the molecule is CN1CCC(N(C)C[C@H]2CO[C@H]3c4nc5c6ccccc6n(C)c5nc4N(C)C(=O)N3[C@@H](CN(C)C3CCN(C)CC3)O2)CC1. The number of fused-ring (bicyclic) bond motifs is 6. The highest BCUT2D eigenvalue weighted by atomic mass is 16.6. The van der Waals surface area contributed by atoms with E-state index >= 15 is 0 Å². The summed E-state index contributed by atoms with van der Waals surface area (Å²) in [6.45, 7) is 6.08. The number of amides is 2. The van der Waals surface area contributed by atoms with Gasteiger partial charge in [-0.25, -0.2) is 14.8 Å². The monoisotopic (exact) mass is 619 g/mol. The summed E-state index contributed by atoms with van der Waals surface area (Å²) in [6, 6.07) is 8.99. The lowest BCUT2D eigenvalue weighted by atomic mass is 10.0. The predicted octanol–water partition coefficient (Wildman–Crippen LogP) is 2.79. The second-order valence-electron chi connectivity index (χ2n) is 13.8. The van der Waals surface area contributed by atoms with Crippen LogP contribution in [0.3, 0.4) is 0 Å². The average molecular weight is 620 g/mol. The Morgan fingerprint density at radius 1 is 0.867 bits per heavy atom. The topological polar surface area (TPSA) is 85.7 Å². The number of ether oxygens (including phenoxy) is 2. The molecule has 1 aromatic carbocycles. The van der Waals surface area contributed by atoms with Crippen LogP contribution in [0.25, 0.3) is 22.1 Å². The van der Waals surface area contributed by atoms with Crippen LogP contribution in [0.5, 0.6) is 0 Å². The number of carbonyl (C=O) groups is 1. The van der Waals surface area contributed by atoms with Gasteiger partial charge < -0.3 is 28.7 Å². The van der Waals surface area contributed by atoms with Crippen LogP contribution < -0.4 is 4.90 Å². The molecule has 0 N–H and O–H groups in total. The molecule has 0 unspecified atom stereocenters. The molecule has 0 saturated carbocycles. The summed E-state index contributed by atoms with van der Waals surface area (Å²) in [4.78, 5) is 37.5. The molecule has 0 bridgehead atoms. The van der Waals surface area contributed by atoms with Crippen LogP contribution in [-0.4, -0.2) is 151 Å². The van der Waals surface area contributed by atoms with E-state index in [1.54, 1.807) is 16.8 Å². The summed E-state index contributed by atoms with van der Waals surface area (Å²) in [6.07, 6.45) is 3.12. The maximum absolute atomic E-state index is 14.3.